The van der Waals surface area contributed by atoms with E-state index in [1.807, 2.05) is 42.5 Å². The maximum absolute atomic E-state index is 12.7. The van der Waals surface area contributed by atoms with Crippen molar-refractivity contribution in [3.8, 4) is 0 Å². The number of rotatable bonds is 3. The molecule has 1 amide bonds. The van der Waals surface area contributed by atoms with Gasteiger partial charge in [-0.15, -0.1) is 0 Å². The number of H-pyrrole nitrogens is 1. The van der Waals surface area contributed by atoms with E-state index in [4.69, 9.17) is 0 Å². The van der Waals surface area contributed by atoms with Crippen LogP contribution in [-0.2, 0) is 13.0 Å². The Kier molecular flexibility index (Phi) is 3.37. The third-order valence-corrected chi connectivity index (χ3v) is 4.58. The number of carbonyl (C=O) groups excluding carboxylic acids is 1. The van der Waals surface area contributed by atoms with Crippen molar-refractivity contribution < 1.29 is 4.79 Å². The zero-order valence-corrected chi connectivity index (χ0v) is 13.1. The molecule has 0 aliphatic carbocycles. The molecule has 1 aliphatic rings. The summed E-state index contributed by atoms with van der Waals surface area (Å²) >= 11 is 0. The normalized spacial score (nSPS) is 17.2. The first-order valence-corrected chi connectivity index (χ1v) is 7.89. The lowest BCUT2D eigenvalue weighted by molar-refractivity contribution is 0.0760. The minimum absolute atomic E-state index is 0.0536. The Morgan fingerprint density at radius 2 is 2.35 bits per heavy atom. The topological polar surface area (TPSA) is 66.8 Å². The van der Waals surface area contributed by atoms with Crippen LogP contribution in [0.2, 0.25) is 0 Å². The van der Waals surface area contributed by atoms with Crippen LogP contribution in [0.5, 0.6) is 0 Å². The molecule has 3 aromatic rings. The maximum atomic E-state index is 12.7. The monoisotopic (exact) mass is 309 g/mol. The fourth-order valence-electron chi connectivity index (χ4n) is 3.35. The van der Waals surface area contributed by atoms with Gasteiger partial charge in [-0.2, -0.15) is 0 Å². The Balaban J connectivity index is 1.46. The largest absolute Gasteiger partial charge is 0.345 e. The highest BCUT2D eigenvalue weighted by Crippen LogP contribution is 2.20. The van der Waals surface area contributed by atoms with Gasteiger partial charge in [0, 0.05) is 44.5 Å². The molecule has 1 N–H and O–H groups in total. The van der Waals surface area contributed by atoms with Crippen LogP contribution in [0, 0.1) is 5.92 Å². The molecule has 2 aromatic heterocycles. The van der Waals surface area contributed by atoms with E-state index in [9.17, 15) is 4.79 Å². The van der Waals surface area contributed by atoms with E-state index in [2.05, 4.69) is 19.5 Å². The van der Waals surface area contributed by atoms with Crippen LogP contribution >= 0.6 is 0 Å². The van der Waals surface area contributed by atoms with Crippen molar-refractivity contribution in [1.82, 2.24) is 24.4 Å². The molecule has 1 aliphatic heterocycles. The minimum Gasteiger partial charge on any atom is -0.345 e. The number of nitrogens with one attached hydrogen (secondary N) is 1. The summed E-state index contributed by atoms with van der Waals surface area (Å²) in [6, 6.07) is 5.60. The molecule has 0 saturated carbocycles. The average Bonchev–Trinajstić information content (AvgIpc) is 3.21. The molecule has 4 rings (SSSR count). The van der Waals surface area contributed by atoms with Crippen molar-refractivity contribution >= 4 is 16.9 Å². The van der Waals surface area contributed by atoms with Gasteiger partial charge in [0.05, 0.1) is 17.4 Å². The predicted molar refractivity (Wildman–Crippen MR) is 87.1 cm³/mol. The number of aromatic nitrogens is 4. The van der Waals surface area contributed by atoms with E-state index in [0.29, 0.717) is 11.5 Å². The number of carbonyl (C=O) groups is 1. The fraction of sp³-hybridized carbons (Fsp3) is 0.353. The molecule has 1 aromatic carbocycles. The van der Waals surface area contributed by atoms with Gasteiger partial charge in [-0.1, -0.05) is 0 Å². The van der Waals surface area contributed by atoms with Crippen LogP contribution in [0.1, 0.15) is 22.6 Å². The molecule has 3 heterocycles. The van der Waals surface area contributed by atoms with Crippen molar-refractivity contribution in [2.24, 2.45) is 5.92 Å². The Morgan fingerprint density at radius 1 is 1.43 bits per heavy atom. The molecule has 6 heteroatoms. The quantitative estimate of drug-likeness (QED) is 0.805. The Hall–Kier alpha value is -2.63. The first-order valence-electron chi connectivity index (χ1n) is 7.89. The van der Waals surface area contributed by atoms with Crippen LogP contribution in [0.3, 0.4) is 0 Å². The zero-order chi connectivity index (χ0) is 15.8. The number of imidazole rings is 2. The summed E-state index contributed by atoms with van der Waals surface area (Å²) in [5, 5.41) is 0. The molecule has 0 fully saturated rings. The van der Waals surface area contributed by atoms with E-state index in [1.54, 1.807) is 6.33 Å². The number of aromatic amines is 1. The number of aryl methyl sites for hydroxylation is 1. The highest BCUT2D eigenvalue weighted by molar-refractivity contribution is 5.97. The minimum atomic E-state index is 0.0536. The molecule has 1 atom stereocenters. The highest BCUT2D eigenvalue weighted by Gasteiger charge is 2.22. The Bertz CT molecular complexity index is 849. The van der Waals surface area contributed by atoms with Crippen molar-refractivity contribution in [2.75, 3.05) is 13.6 Å². The van der Waals surface area contributed by atoms with E-state index in [1.165, 1.54) is 0 Å². The highest BCUT2D eigenvalue weighted by atomic mass is 16.2. The van der Waals surface area contributed by atoms with Crippen LogP contribution < -0.4 is 0 Å². The fourth-order valence-corrected chi connectivity index (χ4v) is 3.35. The molecule has 0 radical (unpaired) electrons. The van der Waals surface area contributed by atoms with E-state index in [0.717, 1.165) is 42.8 Å². The van der Waals surface area contributed by atoms with E-state index >= 15 is 0 Å². The van der Waals surface area contributed by atoms with Gasteiger partial charge in [0.2, 0.25) is 0 Å². The summed E-state index contributed by atoms with van der Waals surface area (Å²) in [5.41, 5.74) is 2.47. The summed E-state index contributed by atoms with van der Waals surface area (Å²) < 4.78 is 2.20. The van der Waals surface area contributed by atoms with Crippen LogP contribution in [0.4, 0.5) is 0 Å². The molecule has 0 bridgehead atoms. The zero-order valence-electron chi connectivity index (χ0n) is 13.1. The average molecular weight is 309 g/mol. The van der Waals surface area contributed by atoms with Crippen molar-refractivity contribution in [3.63, 3.8) is 0 Å². The maximum Gasteiger partial charge on any atom is 0.253 e. The lowest BCUT2D eigenvalue weighted by Crippen LogP contribution is -2.35. The summed E-state index contributed by atoms with van der Waals surface area (Å²) in [6.07, 6.45) is 7.59. The summed E-state index contributed by atoms with van der Waals surface area (Å²) in [6.45, 7) is 1.70. The number of benzene rings is 1. The predicted octanol–water partition coefficient (Wildman–Crippen LogP) is 2.09. The molecule has 0 unspecified atom stereocenters. The van der Waals surface area contributed by atoms with Gasteiger partial charge in [0.15, 0.2) is 0 Å². The first-order chi connectivity index (χ1) is 11.2. The third kappa shape index (κ3) is 2.60. The molecule has 6 nitrogen and oxygen atoms in total. The van der Waals surface area contributed by atoms with Gasteiger partial charge in [0.1, 0.15) is 5.82 Å². The summed E-state index contributed by atoms with van der Waals surface area (Å²) in [7, 11) is 1.88. The first kappa shape index (κ1) is 14.0. The standard InChI is InChI=1S/C17H19N5O/c1-21(9-12-2-5-16-18-6-7-22(16)10-12)17(23)13-3-4-14-15(8-13)20-11-19-14/h3-4,6-8,11-12H,2,5,9-10H2,1H3,(H,19,20)/t12-/m1/s1. The second kappa shape index (κ2) is 5.53. The summed E-state index contributed by atoms with van der Waals surface area (Å²) in [5.74, 6) is 1.68. The summed E-state index contributed by atoms with van der Waals surface area (Å²) in [4.78, 5) is 26.1. The molecule has 0 spiro atoms. The van der Waals surface area contributed by atoms with Crippen molar-refractivity contribution in [1.29, 1.82) is 0 Å². The van der Waals surface area contributed by atoms with Crippen LogP contribution in [-0.4, -0.2) is 43.9 Å². The number of fused-ring (bicyclic) bond motifs is 2. The van der Waals surface area contributed by atoms with E-state index in [-0.39, 0.29) is 5.91 Å². The lowest BCUT2D eigenvalue weighted by atomic mass is 9.98. The van der Waals surface area contributed by atoms with Gasteiger partial charge < -0.3 is 14.5 Å². The van der Waals surface area contributed by atoms with Crippen molar-refractivity contribution in [2.45, 2.75) is 19.4 Å². The third-order valence-electron chi connectivity index (χ3n) is 4.58. The molecular weight excluding hydrogens is 290 g/mol. The number of amides is 1. The molecule has 23 heavy (non-hydrogen) atoms. The Morgan fingerprint density at radius 3 is 3.26 bits per heavy atom. The van der Waals surface area contributed by atoms with Gasteiger partial charge >= 0.3 is 0 Å². The van der Waals surface area contributed by atoms with Gasteiger partial charge in [-0.25, -0.2) is 9.97 Å². The van der Waals surface area contributed by atoms with E-state index < -0.39 is 0 Å². The van der Waals surface area contributed by atoms with Crippen LogP contribution in [0.15, 0.2) is 36.9 Å². The molecule has 118 valence electrons. The molecular formula is C17H19N5O. The number of hydrogen-bond donors (Lipinski definition) is 1. The SMILES string of the molecule is CN(C[C@H]1CCc2nccn2C1)C(=O)c1ccc2nc[nH]c2c1. The Labute approximate surface area is 134 Å². The van der Waals surface area contributed by atoms with Gasteiger partial charge in [0.25, 0.3) is 5.91 Å². The lowest BCUT2D eigenvalue weighted by Gasteiger charge is -2.28. The van der Waals surface area contributed by atoms with Gasteiger partial charge in [-0.3, -0.25) is 4.79 Å². The molecule has 0 saturated heterocycles. The number of hydrogen-bond acceptors (Lipinski definition) is 3. The second-order valence-electron chi connectivity index (χ2n) is 6.22. The number of nitrogens with zero attached hydrogens (tertiary/aromatic N) is 4. The van der Waals surface area contributed by atoms with Crippen LogP contribution in [0.25, 0.3) is 11.0 Å². The van der Waals surface area contributed by atoms with Gasteiger partial charge in [-0.05, 0) is 30.5 Å². The van der Waals surface area contributed by atoms with Crippen molar-refractivity contribution in [3.05, 3.63) is 48.3 Å². The smallest absolute Gasteiger partial charge is 0.253 e. The second-order valence-corrected chi connectivity index (χ2v) is 6.22.